The third kappa shape index (κ3) is 3.91. The van der Waals surface area contributed by atoms with Crippen LogP contribution in [0.15, 0.2) is 47.6 Å². The lowest BCUT2D eigenvalue weighted by Gasteiger charge is -2.49. The van der Waals surface area contributed by atoms with Gasteiger partial charge in [0.25, 0.3) is 0 Å². The Labute approximate surface area is 170 Å². The van der Waals surface area contributed by atoms with Gasteiger partial charge in [0, 0.05) is 37.9 Å². The molecular weight excluding hydrogens is 393 g/mol. The molecule has 1 aliphatic heterocycles. The molecule has 1 amide bonds. The number of aryl methyl sites for hydroxylation is 1. The Balaban J connectivity index is 1.43. The van der Waals surface area contributed by atoms with Crippen molar-refractivity contribution < 1.29 is 17.6 Å². The van der Waals surface area contributed by atoms with Crippen molar-refractivity contribution in [2.24, 2.45) is 17.8 Å². The van der Waals surface area contributed by atoms with Gasteiger partial charge in [-0.15, -0.1) is 0 Å². The monoisotopic (exact) mass is 417 g/mol. The lowest BCUT2D eigenvalue weighted by Crippen LogP contribution is -2.55. The largest absolute Gasteiger partial charge is 0.352 e. The topological polar surface area (TPSA) is 79.4 Å². The highest BCUT2D eigenvalue weighted by molar-refractivity contribution is 7.89. The Morgan fingerprint density at radius 1 is 1.28 bits per heavy atom. The summed E-state index contributed by atoms with van der Waals surface area (Å²) in [5.74, 6) is -0.421. The molecule has 1 saturated carbocycles. The number of piperidine rings is 1. The lowest BCUT2D eigenvalue weighted by molar-refractivity contribution is -0.135. The molecule has 4 rings (SSSR count). The number of benzene rings is 1. The van der Waals surface area contributed by atoms with Gasteiger partial charge in [-0.2, -0.15) is 4.31 Å². The molecule has 2 heterocycles. The van der Waals surface area contributed by atoms with Gasteiger partial charge in [0.05, 0.1) is 4.90 Å². The molecule has 8 heteroatoms. The smallest absolute Gasteiger partial charge is 0.243 e. The highest BCUT2D eigenvalue weighted by Crippen LogP contribution is 2.46. The summed E-state index contributed by atoms with van der Waals surface area (Å²) in [5, 5.41) is 2.95. The van der Waals surface area contributed by atoms with E-state index in [4.69, 9.17) is 0 Å². The second-order valence-electron chi connectivity index (χ2n) is 7.90. The third-order valence-electron chi connectivity index (χ3n) is 6.16. The van der Waals surface area contributed by atoms with E-state index in [-0.39, 0.29) is 22.6 Å². The molecule has 154 valence electrons. The van der Waals surface area contributed by atoms with Crippen molar-refractivity contribution in [3.05, 3.63) is 59.7 Å². The number of fused-ring (bicyclic) bond motifs is 1. The van der Waals surface area contributed by atoms with Gasteiger partial charge in [-0.05, 0) is 67.0 Å². The van der Waals surface area contributed by atoms with E-state index in [1.54, 1.807) is 19.3 Å². The van der Waals surface area contributed by atoms with Crippen LogP contribution in [0.4, 0.5) is 4.39 Å². The van der Waals surface area contributed by atoms with Crippen LogP contribution in [0.5, 0.6) is 0 Å². The second kappa shape index (κ2) is 7.84. The first-order valence-corrected chi connectivity index (χ1v) is 11.2. The Hall–Kier alpha value is -2.32. The molecule has 1 N–H and O–H groups in total. The van der Waals surface area contributed by atoms with Gasteiger partial charge >= 0.3 is 0 Å². The number of hydrogen-bond acceptors (Lipinski definition) is 4. The summed E-state index contributed by atoms with van der Waals surface area (Å²) in [7, 11) is -3.79. The van der Waals surface area contributed by atoms with Crippen LogP contribution in [0.2, 0.25) is 0 Å². The number of pyridine rings is 1. The zero-order valence-corrected chi connectivity index (χ0v) is 17.0. The zero-order valence-electron chi connectivity index (χ0n) is 16.2. The first-order valence-electron chi connectivity index (χ1n) is 9.79. The minimum absolute atomic E-state index is 0.00447. The maximum Gasteiger partial charge on any atom is 0.243 e. The highest BCUT2D eigenvalue weighted by atomic mass is 32.2. The van der Waals surface area contributed by atoms with Crippen molar-refractivity contribution in [3.8, 4) is 0 Å². The third-order valence-corrected chi connectivity index (χ3v) is 8.17. The number of hydrogen-bond donors (Lipinski definition) is 1. The van der Waals surface area contributed by atoms with E-state index >= 15 is 0 Å². The van der Waals surface area contributed by atoms with Crippen LogP contribution in [0, 0.1) is 30.5 Å². The number of amides is 1. The van der Waals surface area contributed by atoms with Crippen molar-refractivity contribution in [1.29, 1.82) is 0 Å². The molecule has 2 fully saturated rings. The molecule has 29 heavy (non-hydrogen) atoms. The van der Waals surface area contributed by atoms with E-state index in [0.29, 0.717) is 31.1 Å². The molecule has 0 spiro atoms. The van der Waals surface area contributed by atoms with Crippen molar-refractivity contribution in [2.75, 3.05) is 13.1 Å². The molecule has 1 aromatic carbocycles. The summed E-state index contributed by atoms with van der Waals surface area (Å²) in [6.07, 6.45) is 4.88. The second-order valence-corrected chi connectivity index (χ2v) is 9.81. The molecule has 0 bridgehead atoms. The number of sulfonamides is 1. The van der Waals surface area contributed by atoms with Crippen molar-refractivity contribution in [2.45, 2.75) is 31.2 Å². The average molecular weight is 418 g/mol. The number of aromatic nitrogens is 1. The predicted molar refractivity (Wildman–Crippen MR) is 106 cm³/mol. The van der Waals surface area contributed by atoms with Gasteiger partial charge in [0.1, 0.15) is 5.82 Å². The fourth-order valence-corrected chi connectivity index (χ4v) is 6.11. The van der Waals surface area contributed by atoms with Crippen molar-refractivity contribution in [1.82, 2.24) is 14.6 Å². The number of rotatable bonds is 5. The van der Waals surface area contributed by atoms with E-state index < -0.39 is 15.8 Å². The van der Waals surface area contributed by atoms with Crippen LogP contribution in [0.25, 0.3) is 0 Å². The van der Waals surface area contributed by atoms with Gasteiger partial charge < -0.3 is 5.32 Å². The SMILES string of the molecule is Cc1ccc(F)cc1S(=O)(=O)N1CC[C@@H]2C[C@@H](C(=O)NCc3ccncc3)[C@@H]2C1. The van der Waals surface area contributed by atoms with E-state index in [0.717, 1.165) is 24.5 Å². The Morgan fingerprint density at radius 2 is 2.03 bits per heavy atom. The van der Waals surface area contributed by atoms with Crippen molar-refractivity contribution in [3.63, 3.8) is 0 Å². The fourth-order valence-electron chi connectivity index (χ4n) is 4.38. The molecule has 1 aromatic heterocycles. The first-order chi connectivity index (χ1) is 13.9. The predicted octanol–water partition coefficient (Wildman–Crippen LogP) is 2.49. The average Bonchev–Trinajstić information content (AvgIpc) is 2.69. The Bertz CT molecular complexity index is 1010. The van der Waals surface area contributed by atoms with Gasteiger partial charge in [-0.25, -0.2) is 12.8 Å². The van der Waals surface area contributed by atoms with E-state index in [2.05, 4.69) is 10.3 Å². The lowest BCUT2D eigenvalue weighted by atomic mass is 9.61. The molecule has 0 radical (unpaired) electrons. The molecule has 0 unspecified atom stereocenters. The number of nitrogens with zero attached hydrogens (tertiary/aromatic N) is 2. The molecule has 6 nitrogen and oxygen atoms in total. The molecule has 1 aliphatic carbocycles. The summed E-state index contributed by atoms with van der Waals surface area (Å²) in [6.45, 7) is 2.80. The molecule has 3 atom stereocenters. The molecular formula is C21H24FN3O3S. The highest BCUT2D eigenvalue weighted by Gasteiger charge is 2.49. The van der Waals surface area contributed by atoms with Gasteiger partial charge in [0.15, 0.2) is 0 Å². The van der Waals surface area contributed by atoms with Crippen LogP contribution < -0.4 is 5.32 Å². The van der Waals surface area contributed by atoms with E-state index in [1.165, 1.54) is 16.4 Å². The quantitative estimate of drug-likeness (QED) is 0.811. The Morgan fingerprint density at radius 3 is 2.79 bits per heavy atom. The minimum atomic E-state index is -3.79. The number of nitrogens with one attached hydrogen (secondary N) is 1. The van der Waals surface area contributed by atoms with E-state index in [9.17, 15) is 17.6 Å². The minimum Gasteiger partial charge on any atom is -0.352 e. The van der Waals surface area contributed by atoms with Crippen LogP contribution in [0.1, 0.15) is 24.0 Å². The maximum absolute atomic E-state index is 13.6. The molecule has 2 aliphatic rings. The molecule has 2 aromatic rings. The fraction of sp³-hybridized carbons (Fsp3) is 0.429. The van der Waals surface area contributed by atoms with Crippen LogP contribution in [-0.4, -0.2) is 36.7 Å². The molecule has 1 saturated heterocycles. The summed E-state index contributed by atoms with van der Waals surface area (Å²) >= 11 is 0. The summed E-state index contributed by atoms with van der Waals surface area (Å²) in [5.41, 5.74) is 1.49. The zero-order chi connectivity index (χ0) is 20.6. The van der Waals surface area contributed by atoms with Gasteiger partial charge in [-0.1, -0.05) is 6.07 Å². The number of halogens is 1. The van der Waals surface area contributed by atoms with Gasteiger partial charge in [-0.3, -0.25) is 9.78 Å². The standard InChI is InChI=1S/C21H24FN3O3S/c1-14-2-3-17(22)11-20(14)29(27,28)25-9-6-16-10-18(19(16)13-25)21(26)24-12-15-4-7-23-8-5-15/h2-5,7-8,11,16,18-19H,6,9-10,12-13H2,1H3,(H,24,26)/t16-,18-,19-/m1/s1. The van der Waals surface area contributed by atoms with Gasteiger partial charge in [0.2, 0.25) is 15.9 Å². The number of carbonyl (C=O) groups excluding carboxylic acids is 1. The summed E-state index contributed by atoms with van der Waals surface area (Å²) < 4.78 is 41.2. The maximum atomic E-state index is 13.6. The van der Waals surface area contributed by atoms with Crippen LogP contribution >= 0.6 is 0 Å². The summed E-state index contributed by atoms with van der Waals surface area (Å²) in [6, 6.07) is 7.51. The van der Waals surface area contributed by atoms with E-state index in [1.807, 2.05) is 12.1 Å². The first kappa shape index (κ1) is 20.0. The summed E-state index contributed by atoms with van der Waals surface area (Å²) in [4.78, 5) is 16.6. The van der Waals surface area contributed by atoms with Crippen molar-refractivity contribution >= 4 is 15.9 Å². The normalized spacial score (nSPS) is 24.4. The Kier molecular flexibility index (Phi) is 5.40. The number of carbonyl (C=O) groups is 1. The van der Waals surface area contributed by atoms with Crippen LogP contribution in [-0.2, 0) is 21.4 Å². The van der Waals surface area contributed by atoms with Crippen LogP contribution in [0.3, 0.4) is 0 Å².